The van der Waals surface area contributed by atoms with Gasteiger partial charge in [-0.1, -0.05) is 164 Å². The van der Waals surface area contributed by atoms with Crippen molar-refractivity contribution >= 4 is 126 Å². The highest BCUT2D eigenvalue weighted by Crippen LogP contribution is 2.51. The number of benzene rings is 10. The summed E-state index contributed by atoms with van der Waals surface area (Å²) < 4.78 is 10.5. The van der Waals surface area contributed by atoms with E-state index in [0.29, 0.717) is 0 Å². The molecule has 2 aliphatic rings. The number of nitrogens with zero attached hydrogens (tertiary/aromatic N) is 3. The molecule has 0 spiro atoms. The topological polar surface area (TPSA) is 42.8 Å². The zero-order valence-electron chi connectivity index (χ0n) is 35.6. The number of rotatable bonds is 4. The fourth-order valence-electron chi connectivity index (χ4n) is 11.4. The van der Waals surface area contributed by atoms with E-state index >= 15 is 0 Å². The number of aromatic nitrogens is 1. The average molecular weight is 860 g/mol. The molecule has 10 aromatic carbocycles. The molecule has 0 bridgehead atoms. The minimum Gasteiger partial charge on any atom is -0.456 e. The molecular formula is C61H37N3OS. The van der Waals surface area contributed by atoms with Gasteiger partial charge < -0.3 is 8.98 Å². The van der Waals surface area contributed by atoms with E-state index in [-0.39, 0.29) is 12.1 Å². The van der Waals surface area contributed by atoms with Crippen molar-refractivity contribution in [1.29, 1.82) is 0 Å². The van der Waals surface area contributed by atoms with Gasteiger partial charge in [-0.2, -0.15) is 0 Å². The lowest BCUT2D eigenvalue weighted by Crippen LogP contribution is -2.24. The SMILES string of the molecule is C1=C(C2N=C(c3cccc4ccccc34)N=C2c2cccc3oc4ccccc4c23)CC(n2c3cc4ccccc4cc3c3cc4ccccc4cc32)c2sc3c(ccc4ccccc43)c21. The zero-order chi connectivity index (χ0) is 43.0. The molecule has 0 saturated heterocycles. The van der Waals surface area contributed by atoms with Crippen molar-refractivity contribution < 1.29 is 4.42 Å². The highest BCUT2D eigenvalue weighted by molar-refractivity contribution is 7.20. The summed E-state index contributed by atoms with van der Waals surface area (Å²) in [5.41, 5.74) is 9.79. The minimum absolute atomic E-state index is 0.0258. The van der Waals surface area contributed by atoms with Gasteiger partial charge in [0.2, 0.25) is 0 Å². The molecule has 2 atom stereocenters. The van der Waals surface area contributed by atoms with Crippen LogP contribution in [0.2, 0.25) is 0 Å². The van der Waals surface area contributed by atoms with Gasteiger partial charge in [0.05, 0.1) is 22.8 Å². The van der Waals surface area contributed by atoms with Crippen LogP contribution >= 0.6 is 11.3 Å². The van der Waals surface area contributed by atoms with Crippen LogP contribution in [0.3, 0.4) is 0 Å². The summed E-state index contributed by atoms with van der Waals surface area (Å²) in [5, 5.41) is 15.8. The van der Waals surface area contributed by atoms with E-state index in [1.807, 2.05) is 17.4 Å². The van der Waals surface area contributed by atoms with E-state index in [1.54, 1.807) is 0 Å². The van der Waals surface area contributed by atoms with Crippen LogP contribution in [-0.2, 0) is 0 Å². The lowest BCUT2D eigenvalue weighted by Gasteiger charge is -2.29. The fourth-order valence-corrected chi connectivity index (χ4v) is 12.8. The van der Waals surface area contributed by atoms with Crippen LogP contribution in [0.5, 0.6) is 0 Å². The van der Waals surface area contributed by atoms with E-state index in [0.717, 1.165) is 56.4 Å². The third-order valence-corrected chi connectivity index (χ3v) is 15.7. The molecule has 4 heterocycles. The van der Waals surface area contributed by atoms with Crippen LogP contribution in [-0.4, -0.2) is 22.2 Å². The highest BCUT2D eigenvalue weighted by Gasteiger charge is 2.37. The van der Waals surface area contributed by atoms with E-state index < -0.39 is 0 Å². The van der Waals surface area contributed by atoms with Gasteiger partial charge >= 0.3 is 0 Å². The monoisotopic (exact) mass is 859 g/mol. The Labute approximate surface area is 382 Å². The second-order valence-corrected chi connectivity index (χ2v) is 19.0. The van der Waals surface area contributed by atoms with E-state index in [9.17, 15) is 0 Å². The van der Waals surface area contributed by atoms with Gasteiger partial charge in [-0.15, -0.1) is 11.3 Å². The van der Waals surface area contributed by atoms with Crippen LogP contribution < -0.4 is 0 Å². The minimum atomic E-state index is -0.348. The number of hydrogen-bond acceptors (Lipinski definition) is 4. The first-order valence-electron chi connectivity index (χ1n) is 22.8. The molecule has 4 nitrogen and oxygen atoms in total. The number of thiophene rings is 1. The van der Waals surface area contributed by atoms with Gasteiger partial charge in [0.15, 0.2) is 5.84 Å². The molecule has 13 aromatic rings. The molecule has 0 fully saturated rings. The van der Waals surface area contributed by atoms with Crippen molar-refractivity contribution in [1.82, 2.24) is 4.57 Å². The van der Waals surface area contributed by atoms with Crippen LogP contribution in [0, 0.1) is 0 Å². The maximum absolute atomic E-state index is 6.52. The van der Waals surface area contributed by atoms with Crippen molar-refractivity contribution in [3.63, 3.8) is 0 Å². The second-order valence-electron chi connectivity index (χ2n) is 17.9. The Morgan fingerprint density at radius 1 is 0.485 bits per heavy atom. The van der Waals surface area contributed by atoms with Crippen molar-refractivity contribution in [3.8, 4) is 0 Å². The number of furan rings is 1. The third-order valence-electron chi connectivity index (χ3n) is 14.4. The standard InChI is InChI=1S/C61H37N3OS/c1-3-17-39-32-51-48(29-37(39)15-1)49-30-38-16-2-4-18-40(38)33-52(49)64(51)53-34-41(31-50-44-28-27-36-14-6-8-21-43(36)59(44)66-60(50)53)57-58(47-24-12-26-55-56(47)46-22-9-10-25-54(46)65-55)63-61(62-57)45-23-11-19-35-13-5-7-20-42(35)45/h1-33,53,57H,34H2. The molecule has 3 aromatic heterocycles. The van der Waals surface area contributed by atoms with Crippen LogP contribution in [0.1, 0.15) is 34.0 Å². The maximum Gasteiger partial charge on any atom is 0.156 e. The van der Waals surface area contributed by atoms with Crippen molar-refractivity contribution in [2.75, 3.05) is 0 Å². The summed E-state index contributed by atoms with van der Waals surface area (Å²) in [6.45, 7) is 0. The van der Waals surface area contributed by atoms with E-state index in [1.165, 1.54) is 85.6 Å². The van der Waals surface area contributed by atoms with E-state index in [4.69, 9.17) is 14.4 Å². The third kappa shape index (κ3) is 5.20. The summed E-state index contributed by atoms with van der Waals surface area (Å²) in [6, 6.07) is 70.2. The lowest BCUT2D eigenvalue weighted by atomic mass is 9.85. The first kappa shape index (κ1) is 36.2. The second kappa shape index (κ2) is 13.7. The van der Waals surface area contributed by atoms with Crippen molar-refractivity contribution in [3.05, 3.63) is 221 Å². The van der Waals surface area contributed by atoms with Gasteiger partial charge in [-0.05, 0) is 97.0 Å². The Hall–Kier alpha value is -8.12. The molecule has 0 amide bonds. The molecule has 308 valence electrons. The number of para-hydroxylation sites is 1. The number of hydrogen-bond donors (Lipinski definition) is 0. The average Bonchev–Trinajstić information content (AvgIpc) is 4.15. The number of amidine groups is 1. The maximum atomic E-state index is 6.52. The van der Waals surface area contributed by atoms with Crippen LogP contribution in [0.15, 0.2) is 214 Å². The summed E-state index contributed by atoms with van der Waals surface area (Å²) in [4.78, 5) is 12.8. The molecule has 15 rings (SSSR count). The summed E-state index contributed by atoms with van der Waals surface area (Å²) in [5.74, 6) is 0.760. The molecule has 1 aliphatic heterocycles. The predicted octanol–water partition coefficient (Wildman–Crippen LogP) is 16.2. The Bertz CT molecular complexity index is 4250. The quantitative estimate of drug-likeness (QED) is 0.174. The largest absolute Gasteiger partial charge is 0.456 e. The Morgan fingerprint density at radius 2 is 1.06 bits per heavy atom. The molecule has 0 radical (unpaired) electrons. The van der Waals surface area contributed by atoms with Gasteiger partial charge in [0.25, 0.3) is 0 Å². The Balaban J connectivity index is 1.03. The Morgan fingerprint density at radius 3 is 1.80 bits per heavy atom. The number of aliphatic imine (C=N–C) groups is 2. The molecule has 0 N–H and O–H groups in total. The first-order valence-corrected chi connectivity index (χ1v) is 23.6. The van der Waals surface area contributed by atoms with Crippen LogP contribution in [0.25, 0.3) is 103 Å². The van der Waals surface area contributed by atoms with Gasteiger partial charge in [-0.3, -0.25) is 4.99 Å². The van der Waals surface area contributed by atoms with Gasteiger partial charge in [0, 0.05) is 47.6 Å². The molecule has 66 heavy (non-hydrogen) atoms. The summed E-state index contributed by atoms with van der Waals surface area (Å²) in [7, 11) is 0. The summed E-state index contributed by atoms with van der Waals surface area (Å²) in [6.07, 6.45) is 3.25. The predicted molar refractivity (Wildman–Crippen MR) is 279 cm³/mol. The molecule has 2 unspecified atom stereocenters. The van der Waals surface area contributed by atoms with Crippen molar-refractivity contribution in [2.24, 2.45) is 9.98 Å². The summed E-state index contributed by atoms with van der Waals surface area (Å²) >= 11 is 1.96. The van der Waals surface area contributed by atoms with E-state index in [2.05, 4.69) is 199 Å². The first-order chi connectivity index (χ1) is 32.7. The number of fused-ring (bicyclic) bond motifs is 14. The molecule has 5 heteroatoms. The van der Waals surface area contributed by atoms with Crippen molar-refractivity contribution in [2.45, 2.75) is 18.5 Å². The lowest BCUT2D eigenvalue weighted by molar-refractivity contribution is 0.609. The normalized spacial score (nSPS) is 16.4. The molecular weight excluding hydrogens is 823 g/mol. The van der Waals surface area contributed by atoms with Gasteiger partial charge in [-0.25, -0.2) is 4.99 Å². The zero-order valence-corrected chi connectivity index (χ0v) is 36.4. The fraction of sp³-hybridized carbons (Fsp3) is 0.0492. The molecule has 0 saturated carbocycles. The molecule has 1 aliphatic carbocycles. The smallest absolute Gasteiger partial charge is 0.156 e. The van der Waals surface area contributed by atoms with Crippen LogP contribution in [0.4, 0.5) is 0 Å². The Kier molecular flexibility index (Phi) is 7.52. The highest BCUT2D eigenvalue weighted by atomic mass is 32.1. The van der Waals surface area contributed by atoms with Gasteiger partial charge in [0.1, 0.15) is 17.2 Å².